The summed E-state index contributed by atoms with van der Waals surface area (Å²) in [5.74, 6) is 0.0162. The molecule has 6 heteroatoms. The summed E-state index contributed by atoms with van der Waals surface area (Å²) in [6.07, 6.45) is 2.45. The first-order valence-corrected chi connectivity index (χ1v) is 4.77. The topological polar surface area (TPSA) is 101 Å². The maximum atomic E-state index is 10.7. The summed E-state index contributed by atoms with van der Waals surface area (Å²) in [5, 5.41) is 19.2. The lowest BCUT2D eigenvalue weighted by molar-refractivity contribution is 0.0697. The number of hydrogen-bond donors (Lipinski definition) is 3. The predicted molar refractivity (Wildman–Crippen MR) is 54.6 cm³/mol. The molecule has 1 heterocycles. The average molecular weight is 208 g/mol. The van der Waals surface area contributed by atoms with E-state index in [1.165, 1.54) is 18.9 Å². The monoisotopic (exact) mass is 208 g/mol. The number of anilines is 2. The van der Waals surface area contributed by atoms with Crippen LogP contribution in [0.25, 0.3) is 0 Å². The summed E-state index contributed by atoms with van der Waals surface area (Å²) in [6.45, 7) is 0.817. The van der Waals surface area contributed by atoms with E-state index in [-0.39, 0.29) is 11.4 Å². The molecular formula is C9H12N4O2. The van der Waals surface area contributed by atoms with E-state index >= 15 is 0 Å². The quantitative estimate of drug-likeness (QED) is 0.669. The fourth-order valence-corrected chi connectivity index (χ4v) is 1.23. The van der Waals surface area contributed by atoms with Crippen molar-refractivity contribution in [1.29, 1.82) is 0 Å². The molecule has 1 aromatic rings. The Labute approximate surface area is 86.5 Å². The molecule has 1 aliphatic carbocycles. The number of hydrogen-bond acceptors (Lipinski definition) is 5. The number of nitrogens with zero attached hydrogens (tertiary/aromatic N) is 2. The van der Waals surface area contributed by atoms with Gasteiger partial charge in [-0.1, -0.05) is 0 Å². The first-order valence-electron chi connectivity index (χ1n) is 4.77. The molecule has 0 atom stereocenters. The van der Waals surface area contributed by atoms with Crippen molar-refractivity contribution in [3.05, 3.63) is 11.6 Å². The molecule has 1 aromatic heterocycles. The fraction of sp³-hybridized carbons (Fsp3) is 0.444. The number of carbonyl (C=O) groups is 1. The van der Waals surface area contributed by atoms with Crippen LogP contribution in [0, 0.1) is 5.92 Å². The Morgan fingerprint density at radius 1 is 1.60 bits per heavy atom. The standard InChI is InChI=1S/C9H12N4O2/c10-8-6(9(14)15)3-7(12-13-8)11-4-5-1-2-5/h3,5H,1-2,4H2,(H2,10,13)(H,11,12)(H,14,15). The van der Waals surface area contributed by atoms with E-state index in [0.29, 0.717) is 11.7 Å². The molecule has 0 radical (unpaired) electrons. The van der Waals surface area contributed by atoms with E-state index < -0.39 is 5.97 Å². The number of aromatic carboxylic acids is 1. The molecular weight excluding hydrogens is 196 g/mol. The van der Waals surface area contributed by atoms with E-state index in [4.69, 9.17) is 10.8 Å². The van der Waals surface area contributed by atoms with Gasteiger partial charge in [0, 0.05) is 12.6 Å². The molecule has 0 saturated heterocycles. The molecule has 0 aliphatic heterocycles. The van der Waals surface area contributed by atoms with Crippen LogP contribution in [0.5, 0.6) is 0 Å². The molecule has 0 bridgehead atoms. The molecule has 0 spiro atoms. The van der Waals surface area contributed by atoms with Gasteiger partial charge >= 0.3 is 5.97 Å². The molecule has 6 nitrogen and oxygen atoms in total. The smallest absolute Gasteiger partial charge is 0.339 e. The number of carboxylic acids is 1. The number of nitrogens with one attached hydrogen (secondary N) is 1. The third kappa shape index (κ3) is 2.34. The van der Waals surface area contributed by atoms with E-state index in [1.54, 1.807) is 0 Å². The highest BCUT2D eigenvalue weighted by Crippen LogP contribution is 2.28. The molecule has 0 aromatic carbocycles. The van der Waals surface area contributed by atoms with Crippen LogP contribution >= 0.6 is 0 Å². The summed E-state index contributed by atoms with van der Waals surface area (Å²) in [6, 6.07) is 1.41. The molecule has 1 aliphatic rings. The maximum Gasteiger partial charge on any atom is 0.339 e. The van der Waals surface area contributed by atoms with E-state index in [2.05, 4.69) is 15.5 Å². The van der Waals surface area contributed by atoms with Crippen LogP contribution in [0.3, 0.4) is 0 Å². The third-order valence-corrected chi connectivity index (χ3v) is 2.32. The highest BCUT2D eigenvalue weighted by Gasteiger charge is 2.21. The fourth-order valence-electron chi connectivity index (χ4n) is 1.23. The molecule has 80 valence electrons. The Morgan fingerprint density at radius 3 is 2.93 bits per heavy atom. The largest absolute Gasteiger partial charge is 0.478 e. The van der Waals surface area contributed by atoms with Crippen molar-refractivity contribution >= 4 is 17.6 Å². The van der Waals surface area contributed by atoms with Crippen molar-refractivity contribution < 1.29 is 9.90 Å². The lowest BCUT2D eigenvalue weighted by atomic mass is 10.3. The van der Waals surface area contributed by atoms with E-state index in [9.17, 15) is 4.79 Å². The molecule has 0 amide bonds. The Bertz CT molecular complexity index is 390. The second-order valence-corrected chi connectivity index (χ2v) is 3.66. The Kier molecular flexibility index (Phi) is 2.40. The number of carboxylic acid groups (broad SMARTS) is 1. The van der Waals surface area contributed by atoms with Crippen molar-refractivity contribution in [3.63, 3.8) is 0 Å². The number of nitrogens with two attached hydrogens (primary N) is 1. The van der Waals surface area contributed by atoms with Crippen LogP contribution in [0.1, 0.15) is 23.2 Å². The number of nitrogen functional groups attached to an aromatic ring is 1. The van der Waals surface area contributed by atoms with Crippen LogP contribution < -0.4 is 11.1 Å². The summed E-state index contributed by atoms with van der Waals surface area (Å²) < 4.78 is 0. The van der Waals surface area contributed by atoms with Gasteiger partial charge in [-0.2, -0.15) is 0 Å². The first-order chi connectivity index (χ1) is 7.16. The minimum absolute atomic E-state index is 0.0108. The van der Waals surface area contributed by atoms with Gasteiger partial charge in [0.2, 0.25) is 0 Å². The maximum absolute atomic E-state index is 10.7. The lowest BCUT2D eigenvalue weighted by Crippen LogP contribution is -2.10. The van der Waals surface area contributed by atoms with Gasteiger partial charge in [0.15, 0.2) is 5.82 Å². The minimum Gasteiger partial charge on any atom is -0.478 e. The highest BCUT2D eigenvalue weighted by molar-refractivity contribution is 5.93. The van der Waals surface area contributed by atoms with E-state index in [0.717, 1.165) is 6.54 Å². The summed E-state index contributed by atoms with van der Waals surface area (Å²) in [4.78, 5) is 10.7. The average Bonchev–Trinajstić information content (AvgIpc) is 3.00. The van der Waals surface area contributed by atoms with Crippen molar-refractivity contribution in [2.75, 3.05) is 17.6 Å². The Balaban J connectivity index is 2.10. The van der Waals surface area contributed by atoms with Crippen LogP contribution in [-0.2, 0) is 0 Å². The molecule has 2 rings (SSSR count). The zero-order chi connectivity index (χ0) is 10.8. The second kappa shape index (κ2) is 3.72. The molecule has 1 fully saturated rings. The molecule has 4 N–H and O–H groups in total. The molecule has 1 saturated carbocycles. The second-order valence-electron chi connectivity index (χ2n) is 3.66. The van der Waals surface area contributed by atoms with Gasteiger partial charge in [-0.05, 0) is 18.8 Å². The number of rotatable bonds is 4. The van der Waals surface area contributed by atoms with Crippen LogP contribution in [0.2, 0.25) is 0 Å². The summed E-state index contributed by atoms with van der Waals surface area (Å²) in [5.41, 5.74) is 5.37. The molecule has 15 heavy (non-hydrogen) atoms. The third-order valence-electron chi connectivity index (χ3n) is 2.32. The van der Waals surface area contributed by atoms with Crippen molar-refractivity contribution in [3.8, 4) is 0 Å². The zero-order valence-electron chi connectivity index (χ0n) is 8.10. The van der Waals surface area contributed by atoms with Gasteiger partial charge in [-0.3, -0.25) is 0 Å². The highest BCUT2D eigenvalue weighted by atomic mass is 16.4. The summed E-state index contributed by atoms with van der Waals surface area (Å²) in [7, 11) is 0. The van der Waals surface area contributed by atoms with E-state index in [1.807, 2.05) is 0 Å². The van der Waals surface area contributed by atoms with Gasteiger partial charge in [-0.25, -0.2) is 4.79 Å². The van der Waals surface area contributed by atoms with Crippen molar-refractivity contribution in [2.45, 2.75) is 12.8 Å². The SMILES string of the molecule is Nc1nnc(NCC2CC2)cc1C(=O)O. The van der Waals surface area contributed by atoms with Gasteiger partial charge < -0.3 is 16.2 Å². The first kappa shape index (κ1) is 9.70. The van der Waals surface area contributed by atoms with Gasteiger partial charge in [0.05, 0.1) is 0 Å². The van der Waals surface area contributed by atoms with Crippen molar-refractivity contribution in [2.24, 2.45) is 5.92 Å². The van der Waals surface area contributed by atoms with Crippen LogP contribution in [-0.4, -0.2) is 27.8 Å². The van der Waals surface area contributed by atoms with Gasteiger partial charge in [0.1, 0.15) is 11.4 Å². The Morgan fingerprint density at radius 2 is 2.33 bits per heavy atom. The van der Waals surface area contributed by atoms with Crippen LogP contribution in [0.4, 0.5) is 11.6 Å². The lowest BCUT2D eigenvalue weighted by Gasteiger charge is -2.05. The summed E-state index contributed by atoms with van der Waals surface area (Å²) >= 11 is 0. The Hall–Kier alpha value is -1.85. The predicted octanol–water partition coefficient (Wildman–Crippen LogP) is 0.579. The number of aromatic nitrogens is 2. The normalized spacial score (nSPS) is 14.9. The van der Waals surface area contributed by atoms with Gasteiger partial charge in [-0.15, -0.1) is 10.2 Å². The molecule has 0 unspecified atom stereocenters. The zero-order valence-corrected chi connectivity index (χ0v) is 8.10. The minimum atomic E-state index is -1.09. The van der Waals surface area contributed by atoms with Gasteiger partial charge in [0.25, 0.3) is 0 Å². The van der Waals surface area contributed by atoms with Crippen molar-refractivity contribution in [1.82, 2.24) is 10.2 Å². The van der Waals surface area contributed by atoms with Crippen LogP contribution in [0.15, 0.2) is 6.07 Å².